The Morgan fingerprint density at radius 1 is 0.963 bits per heavy atom. The Morgan fingerprint density at radius 2 is 1.59 bits per heavy atom. The third kappa shape index (κ3) is 5.51. The number of carbonyl (C=O) groups excluding carboxylic acids is 1. The van der Waals surface area contributed by atoms with Gasteiger partial charge in [-0.05, 0) is 37.1 Å². The van der Waals surface area contributed by atoms with Gasteiger partial charge in [0.1, 0.15) is 0 Å². The molecule has 2 fully saturated rings. The predicted octanol–water partition coefficient (Wildman–Crippen LogP) is 1.31. The van der Waals surface area contributed by atoms with Gasteiger partial charge in [0, 0.05) is 44.8 Å². The summed E-state index contributed by atoms with van der Waals surface area (Å²) in [5.41, 5.74) is 0.479. The van der Waals surface area contributed by atoms with E-state index in [9.17, 15) is 13.2 Å². The molecule has 2 saturated heterocycles. The van der Waals surface area contributed by atoms with Gasteiger partial charge in [0.15, 0.2) is 0 Å². The van der Waals surface area contributed by atoms with Gasteiger partial charge in [0.2, 0.25) is 10.0 Å². The number of rotatable bonds is 6. The van der Waals surface area contributed by atoms with Crippen LogP contribution in [-0.4, -0.2) is 76.0 Å². The summed E-state index contributed by atoms with van der Waals surface area (Å²) in [7, 11) is -3.48. The maximum absolute atomic E-state index is 12.8. The maximum atomic E-state index is 12.8. The van der Waals surface area contributed by atoms with Crippen LogP contribution < -0.4 is 5.32 Å². The van der Waals surface area contributed by atoms with Crippen molar-refractivity contribution in [1.29, 1.82) is 0 Å². The summed E-state index contributed by atoms with van der Waals surface area (Å²) in [5, 5.41) is 2.89. The van der Waals surface area contributed by atoms with Crippen LogP contribution >= 0.6 is 0 Å². The zero-order chi connectivity index (χ0) is 19.1. The molecule has 0 bridgehead atoms. The smallest absolute Gasteiger partial charge is 0.251 e. The van der Waals surface area contributed by atoms with Gasteiger partial charge in [0.25, 0.3) is 5.91 Å². The van der Waals surface area contributed by atoms with Crippen molar-refractivity contribution in [1.82, 2.24) is 14.5 Å². The topological polar surface area (TPSA) is 79.0 Å². The average molecular weight is 396 g/mol. The third-order valence-electron chi connectivity index (χ3n) is 5.14. The predicted molar refractivity (Wildman–Crippen MR) is 103 cm³/mol. The van der Waals surface area contributed by atoms with Crippen molar-refractivity contribution < 1.29 is 17.9 Å². The zero-order valence-corrected chi connectivity index (χ0v) is 16.5. The third-order valence-corrected chi connectivity index (χ3v) is 7.05. The summed E-state index contributed by atoms with van der Waals surface area (Å²) in [6, 6.07) is 6.26. The first-order valence-corrected chi connectivity index (χ1v) is 11.2. The molecule has 3 rings (SSSR count). The molecule has 0 saturated carbocycles. The zero-order valence-electron chi connectivity index (χ0n) is 15.7. The van der Waals surface area contributed by atoms with Gasteiger partial charge in [-0.2, -0.15) is 4.31 Å². The van der Waals surface area contributed by atoms with Gasteiger partial charge in [-0.15, -0.1) is 0 Å². The fraction of sp³-hybridized carbons (Fsp3) is 0.632. The summed E-state index contributed by atoms with van der Waals surface area (Å²) in [5.74, 6) is -0.179. The molecule has 0 aliphatic carbocycles. The van der Waals surface area contributed by atoms with Gasteiger partial charge in [-0.1, -0.05) is 12.8 Å². The Labute approximate surface area is 161 Å². The molecule has 0 radical (unpaired) electrons. The minimum atomic E-state index is -3.48. The molecular weight excluding hydrogens is 366 g/mol. The second-order valence-corrected chi connectivity index (χ2v) is 8.99. The largest absolute Gasteiger partial charge is 0.379 e. The van der Waals surface area contributed by atoms with E-state index in [1.807, 2.05) is 0 Å². The molecule has 0 atom stereocenters. The Hall–Kier alpha value is -1.48. The molecule has 0 unspecified atom stereocenters. The molecule has 1 N–H and O–H groups in total. The van der Waals surface area contributed by atoms with Gasteiger partial charge < -0.3 is 10.1 Å². The van der Waals surface area contributed by atoms with Crippen molar-refractivity contribution in [2.75, 3.05) is 52.5 Å². The summed E-state index contributed by atoms with van der Waals surface area (Å²) < 4.78 is 32.4. The molecule has 8 heteroatoms. The van der Waals surface area contributed by atoms with Crippen LogP contribution in [0.1, 0.15) is 36.0 Å². The molecule has 2 heterocycles. The summed E-state index contributed by atoms with van der Waals surface area (Å²) in [6.45, 7) is 5.75. The quantitative estimate of drug-likeness (QED) is 0.786. The highest BCUT2D eigenvalue weighted by Gasteiger charge is 2.25. The molecule has 1 aromatic carbocycles. The van der Waals surface area contributed by atoms with E-state index in [1.165, 1.54) is 12.1 Å². The number of nitrogens with one attached hydrogen (secondary N) is 1. The van der Waals surface area contributed by atoms with Gasteiger partial charge in [0.05, 0.1) is 18.1 Å². The molecule has 2 aliphatic heterocycles. The molecule has 27 heavy (non-hydrogen) atoms. The Bertz CT molecular complexity index is 707. The van der Waals surface area contributed by atoms with Crippen LogP contribution in [0.15, 0.2) is 29.2 Å². The Balaban J connectivity index is 1.54. The van der Waals surface area contributed by atoms with E-state index in [4.69, 9.17) is 4.74 Å². The first-order valence-electron chi connectivity index (χ1n) is 9.76. The summed E-state index contributed by atoms with van der Waals surface area (Å²) in [4.78, 5) is 14.8. The van der Waals surface area contributed by atoms with E-state index in [0.717, 1.165) is 58.5 Å². The highest BCUT2D eigenvalue weighted by atomic mass is 32.2. The number of hydrogen-bond acceptors (Lipinski definition) is 5. The first-order chi connectivity index (χ1) is 13.1. The molecule has 1 amide bonds. The number of ether oxygens (including phenoxy) is 1. The molecule has 0 spiro atoms. The normalized spacial score (nSPS) is 20.1. The molecule has 7 nitrogen and oxygen atoms in total. The lowest BCUT2D eigenvalue weighted by Gasteiger charge is -2.26. The van der Waals surface area contributed by atoms with E-state index in [1.54, 1.807) is 16.4 Å². The van der Waals surface area contributed by atoms with Gasteiger partial charge in [-0.3, -0.25) is 9.69 Å². The van der Waals surface area contributed by atoms with Crippen molar-refractivity contribution in [2.45, 2.75) is 30.6 Å². The van der Waals surface area contributed by atoms with Crippen molar-refractivity contribution in [2.24, 2.45) is 0 Å². The maximum Gasteiger partial charge on any atom is 0.251 e. The lowest BCUT2D eigenvalue weighted by Crippen LogP contribution is -2.41. The van der Waals surface area contributed by atoms with Gasteiger partial charge >= 0.3 is 0 Å². The lowest BCUT2D eigenvalue weighted by atomic mass is 10.2. The summed E-state index contributed by atoms with van der Waals surface area (Å²) >= 11 is 0. The van der Waals surface area contributed by atoms with E-state index >= 15 is 0 Å². The van der Waals surface area contributed by atoms with Crippen molar-refractivity contribution in [3.8, 4) is 0 Å². The second-order valence-electron chi connectivity index (χ2n) is 7.05. The van der Waals surface area contributed by atoms with E-state index < -0.39 is 10.0 Å². The number of nitrogens with zero attached hydrogens (tertiary/aromatic N) is 2. The van der Waals surface area contributed by atoms with Crippen LogP contribution in [0.5, 0.6) is 0 Å². The average Bonchev–Trinajstić information content (AvgIpc) is 2.99. The number of amides is 1. The fourth-order valence-corrected chi connectivity index (χ4v) is 4.98. The molecule has 2 aliphatic rings. The van der Waals surface area contributed by atoms with Crippen LogP contribution in [0.2, 0.25) is 0 Å². The second kappa shape index (κ2) is 9.64. The van der Waals surface area contributed by atoms with E-state index in [2.05, 4.69) is 10.2 Å². The van der Waals surface area contributed by atoms with Crippen LogP contribution in [0.3, 0.4) is 0 Å². The number of sulfonamides is 1. The van der Waals surface area contributed by atoms with Gasteiger partial charge in [-0.25, -0.2) is 8.42 Å². The number of morpholine rings is 1. The van der Waals surface area contributed by atoms with Crippen molar-refractivity contribution >= 4 is 15.9 Å². The lowest BCUT2D eigenvalue weighted by molar-refractivity contribution is 0.0383. The standard InChI is InChI=1S/C19H29N3O4S/c23-19(20-9-12-21-13-15-26-16-14-21)17-5-7-18(8-6-17)27(24,25)22-10-3-1-2-4-11-22/h5-8H,1-4,9-16H2,(H,20,23). The fourth-order valence-electron chi connectivity index (χ4n) is 3.46. The number of hydrogen-bond donors (Lipinski definition) is 1. The number of benzene rings is 1. The number of carbonyl (C=O) groups is 1. The minimum Gasteiger partial charge on any atom is -0.379 e. The van der Waals surface area contributed by atoms with Crippen molar-refractivity contribution in [3.05, 3.63) is 29.8 Å². The molecule has 150 valence electrons. The van der Waals surface area contributed by atoms with Crippen molar-refractivity contribution in [3.63, 3.8) is 0 Å². The summed E-state index contributed by atoms with van der Waals surface area (Å²) in [6.07, 6.45) is 3.97. The molecule has 0 aromatic heterocycles. The van der Waals surface area contributed by atoms with Crippen LogP contribution in [0.4, 0.5) is 0 Å². The molecule has 1 aromatic rings. The monoisotopic (exact) mass is 395 g/mol. The minimum absolute atomic E-state index is 0.179. The van der Waals surface area contributed by atoms with E-state index in [-0.39, 0.29) is 10.8 Å². The Morgan fingerprint density at radius 3 is 2.22 bits per heavy atom. The van der Waals surface area contributed by atoms with Crippen LogP contribution in [-0.2, 0) is 14.8 Å². The highest BCUT2D eigenvalue weighted by molar-refractivity contribution is 7.89. The van der Waals surface area contributed by atoms with Crippen LogP contribution in [0.25, 0.3) is 0 Å². The van der Waals surface area contributed by atoms with Crippen LogP contribution in [0, 0.1) is 0 Å². The first kappa shape index (κ1) is 20.3. The Kier molecular flexibility index (Phi) is 7.23. The SMILES string of the molecule is O=C(NCCN1CCOCC1)c1ccc(S(=O)(=O)N2CCCCCC2)cc1. The molecular formula is C19H29N3O4S. The highest BCUT2D eigenvalue weighted by Crippen LogP contribution is 2.20. The van der Waals surface area contributed by atoms with E-state index in [0.29, 0.717) is 25.2 Å².